The van der Waals surface area contributed by atoms with E-state index in [1.807, 2.05) is 31.2 Å². The number of nitrogen functional groups attached to an aromatic ring is 1. The van der Waals surface area contributed by atoms with Gasteiger partial charge in [-0.2, -0.15) is 9.61 Å². The summed E-state index contributed by atoms with van der Waals surface area (Å²) in [6.07, 6.45) is 5.36. The number of benzene rings is 1. The normalized spacial score (nSPS) is 15.2. The first-order valence-electron chi connectivity index (χ1n) is 9.55. The molecule has 0 aliphatic heterocycles. The lowest BCUT2D eigenvalue weighted by atomic mass is 10.2. The molecule has 1 aliphatic rings. The van der Waals surface area contributed by atoms with Crippen LogP contribution in [0.25, 0.3) is 11.7 Å². The SMILES string of the molecule is Cc1c(Nc2ccc(N)cc2)nc2c(=Cc3[nH]c(=O)[nH]c3O)cnn2c1=NC1CC1. The number of nitrogens with zero attached hydrogens (tertiary/aromatic N) is 4. The Morgan fingerprint density at radius 1 is 1.30 bits per heavy atom. The third-order valence-electron chi connectivity index (χ3n) is 4.94. The third-order valence-corrected chi connectivity index (χ3v) is 4.94. The lowest BCUT2D eigenvalue weighted by molar-refractivity contribution is 0.454. The first kappa shape index (κ1) is 18.0. The smallest absolute Gasteiger partial charge is 0.326 e. The van der Waals surface area contributed by atoms with Crippen LogP contribution in [0.5, 0.6) is 5.88 Å². The van der Waals surface area contributed by atoms with Crippen molar-refractivity contribution in [2.75, 3.05) is 11.1 Å². The minimum atomic E-state index is -0.492. The highest BCUT2D eigenvalue weighted by Crippen LogP contribution is 2.23. The van der Waals surface area contributed by atoms with Crippen LogP contribution in [0.2, 0.25) is 0 Å². The van der Waals surface area contributed by atoms with Gasteiger partial charge in [0.05, 0.1) is 12.2 Å². The molecule has 5 rings (SSSR count). The van der Waals surface area contributed by atoms with Crippen LogP contribution in [-0.2, 0) is 0 Å². The zero-order chi connectivity index (χ0) is 20.8. The lowest BCUT2D eigenvalue weighted by Gasteiger charge is -2.10. The maximum Gasteiger partial charge on any atom is 0.326 e. The number of hydrogen-bond acceptors (Lipinski definition) is 7. The van der Waals surface area contributed by atoms with E-state index in [1.54, 1.807) is 16.8 Å². The van der Waals surface area contributed by atoms with Crippen LogP contribution in [0.3, 0.4) is 0 Å². The number of hydrogen-bond donors (Lipinski definition) is 5. The van der Waals surface area contributed by atoms with E-state index in [0.29, 0.717) is 28.4 Å². The Morgan fingerprint density at radius 3 is 2.73 bits per heavy atom. The second kappa shape index (κ2) is 6.76. The molecule has 6 N–H and O–H groups in total. The molecule has 10 heteroatoms. The predicted molar refractivity (Wildman–Crippen MR) is 112 cm³/mol. The number of imidazole rings is 1. The molecule has 1 saturated carbocycles. The maximum absolute atomic E-state index is 11.4. The number of anilines is 3. The van der Waals surface area contributed by atoms with Crippen molar-refractivity contribution in [1.82, 2.24) is 24.6 Å². The Labute approximate surface area is 169 Å². The van der Waals surface area contributed by atoms with E-state index in [-0.39, 0.29) is 11.6 Å². The molecular formula is C20H20N8O2. The standard InChI is InChI=1S/C20H20N8O2/c1-10-16(23-13-4-2-12(21)3-5-13)26-18-11(8-15-19(29)27-20(30)25-15)9-22-28(18)17(10)24-14-6-7-14/h2-5,8-9,14,23,29H,6-7,21H2,1H3,(H2,25,27,30). The monoisotopic (exact) mass is 404 g/mol. The molecule has 0 amide bonds. The Bertz CT molecular complexity index is 1420. The molecule has 3 heterocycles. The van der Waals surface area contributed by atoms with Crippen LogP contribution in [0.4, 0.5) is 17.2 Å². The Hall–Kier alpha value is -4.08. The van der Waals surface area contributed by atoms with Gasteiger partial charge in [0.25, 0.3) is 0 Å². The number of nitrogens with two attached hydrogens (primary N) is 1. The summed E-state index contributed by atoms with van der Waals surface area (Å²) in [6, 6.07) is 7.68. The van der Waals surface area contributed by atoms with Gasteiger partial charge in [-0.15, -0.1) is 0 Å². The van der Waals surface area contributed by atoms with E-state index < -0.39 is 5.69 Å². The molecule has 10 nitrogen and oxygen atoms in total. The number of H-pyrrole nitrogens is 2. The van der Waals surface area contributed by atoms with Gasteiger partial charge in [-0.05, 0) is 50.1 Å². The van der Waals surface area contributed by atoms with Gasteiger partial charge in [0.15, 0.2) is 11.1 Å². The average Bonchev–Trinajstić information content (AvgIpc) is 3.37. The largest absolute Gasteiger partial charge is 0.493 e. The second-order valence-electron chi connectivity index (χ2n) is 7.34. The van der Waals surface area contributed by atoms with Gasteiger partial charge in [0, 0.05) is 22.2 Å². The van der Waals surface area contributed by atoms with Gasteiger partial charge in [0.1, 0.15) is 11.5 Å². The topological polar surface area (TPSA) is 149 Å². The zero-order valence-electron chi connectivity index (χ0n) is 16.2. The summed E-state index contributed by atoms with van der Waals surface area (Å²) < 4.78 is 1.69. The first-order chi connectivity index (χ1) is 14.5. The number of nitrogens with one attached hydrogen (secondary N) is 3. The van der Waals surface area contributed by atoms with E-state index in [9.17, 15) is 9.90 Å². The quantitative estimate of drug-likeness (QED) is 0.316. The number of aromatic nitrogens is 5. The van der Waals surface area contributed by atoms with Gasteiger partial charge in [0.2, 0.25) is 5.88 Å². The highest BCUT2D eigenvalue weighted by Gasteiger charge is 2.21. The minimum absolute atomic E-state index is 0.241. The molecule has 30 heavy (non-hydrogen) atoms. The van der Waals surface area contributed by atoms with Crippen molar-refractivity contribution in [2.45, 2.75) is 25.8 Å². The molecule has 0 radical (unpaired) electrons. The summed E-state index contributed by atoms with van der Waals surface area (Å²) in [4.78, 5) is 25.9. The van der Waals surface area contributed by atoms with Gasteiger partial charge in [-0.25, -0.2) is 9.78 Å². The van der Waals surface area contributed by atoms with Gasteiger partial charge in [-0.1, -0.05) is 0 Å². The predicted octanol–water partition coefficient (Wildman–Crippen LogP) is 0.696. The summed E-state index contributed by atoms with van der Waals surface area (Å²) in [6.45, 7) is 1.95. The second-order valence-corrected chi connectivity index (χ2v) is 7.34. The molecule has 0 atom stereocenters. The number of aromatic hydroxyl groups is 1. The van der Waals surface area contributed by atoms with E-state index >= 15 is 0 Å². The molecule has 4 aromatic rings. The summed E-state index contributed by atoms with van der Waals surface area (Å²) in [5.74, 6) is 0.406. The number of aromatic amines is 2. The molecule has 3 aromatic heterocycles. The van der Waals surface area contributed by atoms with Crippen LogP contribution < -0.4 is 27.4 Å². The molecule has 0 bridgehead atoms. The van der Waals surface area contributed by atoms with E-state index in [4.69, 9.17) is 15.7 Å². The van der Waals surface area contributed by atoms with E-state index in [2.05, 4.69) is 20.4 Å². The number of fused-ring (bicyclic) bond motifs is 1. The molecule has 0 saturated heterocycles. The fourth-order valence-electron chi connectivity index (χ4n) is 3.18. The van der Waals surface area contributed by atoms with Crippen molar-refractivity contribution in [1.29, 1.82) is 0 Å². The Balaban J connectivity index is 1.72. The first-order valence-corrected chi connectivity index (χ1v) is 9.55. The highest BCUT2D eigenvalue weighted by molar-refractivity contribution is 5.64. The van der Waals surface area contributed by atoms with Crippen molar-refractivity contribution in [3.8, 4) is 5.88 Å². The van der Waals surface area contributed by atoms with Crippen LogP contribution in [-0.4, -0.2) is 35.7 Å². The summed E-state index contributed by atoms with van der Waals surface area (Å²) in [5, 5.41) is 18.3. The summed E-state index contributed by atoms with van der Waals surface area (Å²) >= 11 is 0. The van der Waals surface area contributed by atoms with Crippen molar-refractivity contribution in [3.05, 3.63) is 62.9 Å². The molecule has 0 unspecified atom stereocenters. The maximum atomic E-state index is 11.4. The molecule has 0 spiro atoms. The van der Waals surface area contributed by atoms with Crippen molar-refractivity contribution < 1.29 is 5.11 Å². The zero-order valence-corrected chi connectivity index (χ0v) is 16.2. The Morgan fingerprint density at radius 2 is 2.07 bits per heavy atom. The third kappa shape index (κ3) is 3.28. The van der Waals surface area contributed by atoms with Crippen LogP contribution >= 0.6 is 0 Å². The van der Waals surface area contributed by atoms with E-state index in [0.717, 1.165) is 29.6 Å². The van der Waals surface area contributed by atoms with Crippen LogP contribution in [0.1, 0.15) is 24.1 Å². The van der Waals surface area contributed by atoms with E-state index in [1.165, 1.54) is 0 Å². The van der Waals surface area contributed by atoms with Gasteiger partial charge < -0.3 is 21.1 Å². The fourth-order valence-corrected chi connectivity index (χ4v) is 3.18. The Kier molecular flexibility index (Phi) is 4.05. The molecular weight excluding hydrogens is 384 g/mol. The van der Waals surface area contributed by atoms with Crippen LogP contribution in [0.15, 0.2) is 40.2 Å². The highest BCUT2D eigenvalue weighted by atomic mass is 16.3. The van der Waals surface area contributed by atoms with Crippen LogP contribution in [0, 0.1) is 6.92 Å². The summed E-state index contributed by atoms with van der Waals surface area (Å²) in [5.41, 5.74) is 9.23. The van der Waals surface area contributed by atoms with Crippen molar-refractivity contribution >= 4 is 28.9 Å². The van der Waals surface area contributed by atoms with Crippen molar-refractivity contribution in [3.63, 3.8) is 0 Å². The molecule has 1 aromatic carbocycles. The lowest BCUT2D eigenvalue weighted by Crippen LogP contribution is -2.23. The van der Waals surface area contributed by atoms with Gasteiger partial charge >= 0.3 is 5.69 Å². The van der Waals surface area contributed by atoms with Gasteiger partial charge in [-0.3, -0.25) is 9.98 Å². The fraction of sp³-hybridized carbons (Fsp3) is 0.200. The minimum Gasteiger partial charge on any atom is -0.493 e. The summed E-state index contributed by atoms with van der Waals surface area (Å²) in [7, 11) is 0. The average molecular weight is 404 g/mol. The van der Waals surface area contributed by atoms with Crippen molar-refractivity contribution in [2.24, 2.45) is 4.99 Å². The molecule has 1 fully saturated rings. The number of rotatable bonds is 4. The molecule has 152 valence electrons. The molecule has 1 aliphatic carbocycles.